The maximum absolute atomic E-state index is 6.14. The topological polar surface area (TPSA) is 51.0 Å². The van der Waals surface area contributed by atoms with Crippen molar-refractivity contribution in [2.45, 2.75) is 19.4 Å². The molecule has 0 unspecified atom stereocenters. The minimum atomic E-state index is -0.413. The molecule has 0 saturated carbocycles. The van der Waals surface area contributed by atoms with E-state index in [1.54, 1.807) is 0 Å². The number of halogens is 1. The molecule has 1 heterocycles. The van der Waals surface area contributed by atoms with Gasteiger partial charge >= 0.3 is 0 Å². The van der Waals surface area contributed by atoms with E-state index in [1.165, 1.54) is 0 Å². The van der Waals surface area contributed by atoms with Crippen molar-refractivity contribution in [2.24, 2.45) is 5.73 Å². The molecule has 0 atom stereocenters. The summed E-state index contributed by atoms with van der Waals surface area (Å²) >= 11 is 6.14. The molecular formula is C12H15ClN2O. The molecule has 3 nitrogen and oxygen atoms in total. The molecule has 3 N–H and O–H groups in total. The molecule has 86 valence electrons. The Kier molecular flexibility index (Phi) is 2.82. The Balaban J connectivity index is 2.40. The second kappa shape index (κ2) is 4.00. The number of fused-ring (bicyclic) bond motifs is 1. The van der Waals surface area contributed by atoms with Gasteiger partial charge in [0.2, 0.25) is 0 Å². The Morgan fingerprint density at radius 3 is 2.88 bits per heavy atom. The lowest BCUT2D eigenvalue weighted by atomic mass is 10.1. The van der Waals surface area contributed by atoms with Crippen molar-refractivity contribution in [3.8, 4) is 5.75 Å². The normalized spacial score (nSPS) is 12.0. The lowest BCUT2D eigenvalue weighted by Crippen LogP contribution is -2.37. The molecule has 0 saturated heterocycles. The van der Waals surface area contributed by atoms with Gasteiger partial charge in [-0.25, -0.2) is 0 Å². The molecule has 0 spiro atoms. The zero-order chi connectivity index (χ0) is 11.8. The van der Waals surface area contributed by atoms with E-state index < -0.39 is 5.60 Å². The molecule has 0 radical (unpaired) electrons. The number of nitrogens with two attached hydrogens (primary N) is 1. The highest BCUT2D eigenvalue weighted by Crippen LogP contribution is 2.31. The number of nitrogens with one attached hydrogen (secondary N) is 1. The van der Waals surface area contributed by atoms with Crippen molar-refractivity contribution in [3.05, 3.63) is 29.4 Å². The average molecular weight is 239 g/mol. The first-order valence-electron chi connectivity index (χ1n) is 5.17. The summed E-state index contributed by atoms with van der Waals surface area (Å²) in [5.74, 6) is 0.659. The zero-order valence-electron chi connectivity index (χ0n) is 9.38. The van der Waals surface area contributed by atoms with E-state index >= 15 is 0 Å². The Morgan fingerprint density at radius 1 is 1.44 bits per heavy atom. The number of benzene rings is 1. The summed E-state index contributed by atoms with van der Waals surface area (Å²) in [5.41, 5.74) is 6.21. The lowest BCUT2D eigenvalue weighted by Gasteiger charge is -2.25. The molecule has 4 heteroatoms. The van der Waals surface area contributed by atoms with E-state index in [4.69, 9.17) is 22.1 Å². The van der Waals surface area contributed by atoms with Crippen LogP contribution in [0.2, 0.25) is 5.02 Å². The van der Waals surface area contributed by atoms with Crippen LogP contribution in [0.3, 0.4) is 0 Å². The maximum Gasteiger partial charge on any atom is 0.140 e. The molecule has 0 aliphatic rings. The summed E-state index contributed by atoms with van der Waals surface area (Å²) in [6.45, 7) is 4.30. The first kappa shape index (κ1) is 11.3. The van der Waals surface area contributed by atoms with Crippen molar-refractivity contribution < 1.29 is 4.74 Å². The predicted molar refractivity (Wildman–Crippen MR) is 67.1 cm³/mol. The Hall–Kier alpha value is -1.19. The van der Waals surface area contributed by atoms with Crippen LogP contribution in [0.15, 0.2) is 24.4 Å². The Labute approximate surface area is 99.5 Å². The third-order valence-electron chi connectivity index (χ3n) is 2.48. The summed E-state index contributed by atoms with van der Waals surface area (Å²) in [6, 6.07) is 5.75. The van der Waals surface area contributed by atoms with Crippen molar-refractivity contribution in [2.75, 3.05) is 6.54 Å². The van der Waals surface area contributed by atoms with Crippen molar-refractivity contribution in [1.82, 2.24) is 4.98 Å². The number of ether oxygens (including phenoxy) is 1. The van der Waals surface area contributed by atoms with Crippen LogP contribution in [0, 0.1) is 0 Å². The zero-order valence-corrected chi connectivity index (χ0v) is 10.1. The van der Waals surface area contributed by atoms with Crippen LogP contribution in [0.25, 0.3) is 10.9 Å². The van der Waals surface area contributed by atoms with Crippen LogP contribution in [0.5, 0.6) is 5.75 Å². The minimum Gasteiger partial charge on any atom is -0.485 e. The fourth-order valence-electron chi connectivity index (χ4n) is 1.47. The summed E-state index contributed by atoms with van der Waals surface area (Å²) in [7, 11) is 0. The van der Waals surface area contributed by atoms with Gasteiger partial charge in [0.15, 0.2) is 0 Å². The Bertz CT molecular complexity index is 505. The first-order chi connectivity index (χ1) is 7.52. The smallest absolute Gasteiger partial charge is 0.140 e. The summed E-state index contributed by atoms with van der Waals surface area (Å²) < 4.78 is 5.78. The van der Waals surface area contributed by atoms with Gasteiger partial charge in [0, 0.05) is 29.7 Å². The minimum absolute atomic E-state index is 0.413. The van der Waals surface area contributed by atoms with Crippen LogP contribution < -0.4 is 10.5 Å². The summed E-state index contributed by atoms with van der Waals surface area (Å²) in [4.78, 5) is 3.12. The van der Waals surface area contributed by atoms with Gasteiger partial charge in [0.1, 0.15) is 11.4 Å². The van der Waals surface area contributed by atoms with E-state index in [9.17, 15) is 0 Å². The number of H-pyrrole nitrogens is 1. The van der Waals surface area contributed by atoms with E-state index in [1.807, 2.05) is 38.2 Å². The van der Waals surface area contributed by atoms with E-state index in [0.29, 0.717) is 17.3 Å². The van der Waals surface area contributed by atoms with Gasteiger partial charge < -0.3 is 15.5 Å². The van der Waals surface area contributed by atoms with E-state index in [-0.39, 0.29) is 0 Å². The monoisotopic (exact) mass is 238 g/mol. The largest absolute Gasteiger partial charge is 0.485 e. The second-order valence-corrected chi connectivity index (χ2v) is 4.82. The van der Waals surface area contributed by atoms with Gasteiger partial charge in [-0.3, -0.25) is 0 Å². The number of hydrogen-bond donors (Lipinski definition) is 2. The van der Waals surface area contributed by atoms with Gasteiger partial charge in [-0.2, -0.15) is 0 Å². The number of rotatable bonds is 3. The van der Waals surface area contributed by atoms with Crippen molar-refractivity contribution >= 4 is 22.5 Å². The van der Waals surface area contributed by atoms with Crippen LogP contribution in [-0.2, 0) is 0 Å². The molecule has 2 rings (SSSR count). The van der Waals surface area contributed by atoms with Crippen molar-refractivity contribution in [3.63, 3.8) is 0 Å². The van der Waals surface area contributed by atoms with Gasteiger partial charge in [0.05, 0.1) is 5.02 Å². The molecule has 0 bridgehead atoms. The van der Waals surface area contributed by atoms with Gasteiger partial charge in [-0.05, 0) is 26.0 Å². The maximum atomic E-state index is 6.14. The number of aromatic amines is 1. The first-order valence-corrected chi connectivity index (χ1v) is 5.55. The van der Waals surface area contributed by atoms with Gasteiger partial charge in [0.25, 0.3) is 0 Å². The van der Waals surface area contributed by atoms with E-state index in [2.05, 4.69) is 4.98 Å². The van der Waals surface area contributed by atoms with Gasteiger partial charge in [-0.15, -0.1) is 0 Å². The highest BCUT2D eigenvalue weighted by atomic mass is 35.5. The quantitative estimate of drug-likeness (QED) is 0.864. The molecule has 16 heavy (non-hydrogen) atoms. The van der Waals surface area contributed by atoms with Crippen LogP contribution in [-0.4, -0.2) is 17.1 Å². The number of hydrogen-bond acceptors (Lipinski definition) is 2. The fraction of sp³-hybridized carbons (Fsp3) is 0.333. The van der Waals surface area contributed by atoms with Crippen LogP contribution >= 0.6 is 11.6 Å². The summed E-state index contributed by atoms with van der Waals surface area (Å²) in [6.07, 6.45) is 1.87. The average Bonchev–Trinajstić information content (AvgIpc) is 2.65. The molecule has 0 fully saturated rings. The molecule has 0 aliphatic carbocycles. The molecule has 1 aromatic carbocycles. The van der Waals surface area contributed by atoms with E-state index in [0.717, 1.165) is 10.9 Å². The fourth-order valence-corrected chi connectivity index (χ4v) is 1.68. The third-order valence-corrected chi connectivity index (χ3v) is 2.78. The molecule has 0 amide bonds. The highest BCUT2D eigenvalue weighted by Gasteiger charge is 2.19. The predicted octanol–water partition coefficient (Wildman–Crippen LogP) is 2.94. The van der Waals surface area contributed by atoms with Crippen LogP contribution in [0.4, 0.5) is 0 Å². The third kappa shape index (κ3) is 2.15. The SMILES string of the molecule is CC(C)(CN)Oc1cc2[nH]ccc2cc1Cl. The Morgan fingerprint density at radius 2 is 2.19 bits per heavy atom. The van der Waals surface area contributed by atoms with Crippen molar-refractivity contribution in [1.29, 1.82) is 0 Å². The molecule has 0 aliphatic heterocycles. The molecular weight excluding hydrogens is 224 g/mol. The second-order valence-electron chi connectivity index (χ2n) is 4.41. The molecule has 2 aromatic rings. The summed E-state index contributed by atoms with van der Waals surface area (Å²) in [5, 5.41) is 1.68. The van der Waals surface area contributed by atoms with Crippen LogP contribution in [0.1, 0.15) is 13.8 Å². The number of aromatic nitrogens is 1. The highest BCUT2D eigenvalue weighted by molar-refractivity contribution is 6.32. The van der Waals surface area contributed by atoms with Gasteiger partial charge in [-0.1, -0.05) is 11.6 Å². The lowest BCUT2D eigenvalue weighted by molar-refractivity contribution is 0.119. The standard InChI is InChI=1S/C12H15ClN2O/c1-12(2,7-14)16-11-6-10-8(3-4-15-10)5-9(11)13/h3-6,15H,7,14H2,1-2H3. The molecule has 1 aromatic heterocycles.